The standard InChI is InChI=1S/C34H34FN7O3/c1-40(2)17-29(44)41-11-8-20(9-12-41)27-16-24-31(38-34(36)39-32(24)37-27)23-4-3-5-28(25(23)18-43)42-13-10-21-14-22(19-6-7-19)15-26(35)30(21)33(42)45/h3-5,8,10,13-16,19,43H,6-7,9,11-12,17-18H2,1-2H3,(H3,36,37,38,39). The fourth-order valence-corrected chi connectivity index (χ4v) is 6.30. The lowest BCUT2D eigenvalue weighted by Crippen LogP contribution is -2.40. The molecule has 0 unspecified atom stereocenters. The summed E-state index contributed by atoms with van der Waals surface area (Å²) in [6, 6.07) is 12.4. The van der Waals surface area contributed by atoms with E-state index in [1.54, 1.807) is 24.4 Å². The monoisotopic (exact) mass is 607 g/mol. The fourth-order valence-electron chi connectivity index (χ4n) is 6.30. The van der Waals surface area contributed by atoms with Crippen LogP contribution in [0.25, 0.3) is 44.3 Å². The van der Waals surface area contributed by atoms with Gasteiger partial charge in [0, 0.05) is 41.5 Å². The van der Waals surface area contributed by atoms with E-state index in [4.69, 9.17) is 5.73 Å². The molecule has 10 nitrogen and oxygen atoms in total. The van der Waals surface area contributed by atoms with Crippen molar-refractivity contribution in [2.24, 2.45) is 0 Å². The second-order valence-corrected chi connectivity index (χ2v) is 12.1. The zero-order valence-corrected chi connectivity index (χ0v) is 25.2. The molecule has 2 aromatic carbocycles. The van der Waals surface area contributed by atoms with Gasteiger partial charge in [-0.2, -0.15) is 4.98 Å². The number of aliphatic hydroxyl groups excluding tert-OH is 1. The average molecular weight is 608 g/mol. The molecule has 4 heterocycles. The Hall–Kier alpha value is -4.87. The normalized spacial score (nSPS) is 15.3. The molecule has 11 heteroatoms. The Morgan fingerprint density at radius 3 is 2.71 bits per heavy atom. The molecule has 3 aromatic heterocycles. The number of nitrogens with zero attached hydrogens (tertiary/aromatic N) is 5. The minimum atomic E-state index is -0.539. The Kier molecular flexibility index (Phi) is 7.22. The predicted octanol–water partition coefficient (Wildman–Crippen LogP) is 4.20. The van der Waals surface area contributed by atoms with Gasteiger partial charge in [-0.05, 0) is 80.1 Å². The molecule has 2 aliphatic rings. The summed E-state index contributed by atoms with van der Waals surface area (Å²) in [6.07, 6.45) is 6.40. The number of aliphatic hydroxyl groups is 1. The van der Waals surface area contributed by atoms with Gasteiger partial charge in [-0.3, -0.25) is 14.2 Å². The number of aromatic nitrogens is 4. The molecule has 1 fully saturated rings. The number of halogens is 1. The van der Waals surface area contributed by atoms with Crippen LogP contribution in [-0.4, -0.2) is 74.1 Å². The van der Waals surface area contributed by atoms with E-state index in [0.29, 0.717) is 70.9 Å². The summed E-state index contributed by atoms with van der Waals surface area (Å²) < 4.78 is 16.7. The van der Waals surface area contributed by atoms with Crippen LogP contribution in [0.4, 0.5) is 10.3 Å². The van der Waals surface area contributed by atoms with Crippen LogP contribution >= 0.6 is 0 Å². The number of nitrogen functional groups attached to an aromatic ring is 1. The number of hydrogen-bond acceptors (Lipinski definition) is 7. The summed E-state index contributed by atoms with van der Waals surface area (Å²) in [7, 11) is 3.75. The maximum atomic E-state index is 15.3. The van der Waals surface area contributed by atoms with Gasteiger partial charge >= 0.3 is 0 Å². The van der Waals surface area contributed by atoms with E-state index in [-0.39, 0.29) is 17.2 Å². The molecule has 1 aliphatic heterocycles. The first-order valence-electron chi connectivity index (χ1n) is 15.1. The van der Waals surface area contributed by atoms with E-state index in [2.05, 4.69) is 15.0 Å². The summed E-state index contributed by atoms with van der Waals surface area (Å²) in [5.74, 6) is -0.0468. The minimum Gasteiger partial charge on any atom is -0.392 e. The highest BCUT2D eigenvalue weighted by Gasteiger charge is 2.26. The van der Waals surface area contributed by atoms with Gasteiger partial charge in [-0.1, -0.05) is 24.3 Å². The minimum absolute atomic E-state index is 0.0166. The van der Waals surface area contributed by atoms with E-state index < -0.39 is 18.0 Å². The molecule has 230 valence electrons. The molecule has 45 heavy (non-hydrogen) atoms. The highest BCUT2D eigenvalue weighted by molar-refractivity contribution is 5.95. The van der Waals surface area contributed by atoms with Crippen LogP contribution < -0.4 is 11.3 Å². The van der Waals surface area contributed by atoms with Gasteiger partial charge in [0.2, 0.25) is 11.9 Å². The van der Waals surface area contributed by atoms with Crippen molar-refractivity contribution in [1.29, 1.82) is 0 Å². The van der Waals surface area contributed by atoms with Gasteiger partial charge in [0.15, 0.2) is 0 Å². The lowest BCUT2D eigenvalue weighted by molar-refractivity contribution is -0.131. The van der Waals surface area contributed by atoms with Crippen molar-refractivity contribution in [3.05, 3.63) is 87.7 Å². The Balaban J connectivity index is 1.29. The van der Waals surface area contributed by atoms with Crippen molar-refractivity contribution in [3.8, 4) is 16.9 Å². The van der Waals surface area contributed by atoms with Gasteiger partial charge in [-0.25, -0.2) is 9.37 Å². The number of H-pyrrole nitrogens is 1. The van der Waals surface area contributed by atoms with Gasteiger partial charge in [-0.15, -0.1) is 0 Å². The first-order valence-corrected chi connectivity index (χ1v) is 15.1. The van der Waals surface area contributed by atoms with Crippen molar-refractivity contribution < 1.29 is 14.3 Å². The van der Waals surface area contributed by atoms with Crippen LogP contribution in [0.1, 0.15) is 42.0 Å². The van der Waals surface area contributed by atoms with E-state index in [1.807, 2.05) is 48.2 Å². The van der Waals surface area contributed by atoms with E-state index >= 15 is 4.39 Å². The zero-order valence-electron chi connectivity index (χ0n) is 25.2. The summed E-state index contributed by atoms with van der Waals surface area (Å²) in [4.78, 5) is 42.2. The van der Waals surface area contributed by atoms with Gasteiger partial charge in [0.1, 0.15) is 11.5 Å². The van der Waals surface area contributed by atoms with E-state index in [0.717, 1.165) is 29.7 Å². The lowest BCUT2D eigenvalue weighted by atomic mass is 9.99. The second-order valence-electron chi connectivity index (χ2n) is 12.1. The first-order chi connectivity index (χ1) is 21.7. The summed E-state index contributed by atoms with van der Waals surface area (Å²) in [5, 5.41) is 11.9. The van der Waals surface area contributed by atoms with Gasteiger partial charge in [0.25, 0.3) is 5.56 Å². The third-order valence-electron chi connectivity index (χ3n) is 8.72. The van der Waals surface area contributed by atoms with Crippen molar-refractivity contribution in [2.75, 3.05) is 39.5 Å². The number of fused-ring (bicyclic) bond motifs is 2. The second kappa shape index (κ2) is 11.2. The van der Waals surface area contributed by atoms with Gasteiger partial charge in [0.05, 0.1) is 29.9 Å². The first kappa shape index (κ1) is 28.9. The topological polar surface area (TPSA) is 133 Å². The number of rotatable bonds is 7. The molecular formula is C34H34FN7O3. The molecule has 0 radical (unpaired) electrons. The number of amides is 1. The Morgan fingerprint density at radius 2 is 2.00 bits per heavy atom. The molecular weight excluding hydrogens is 573 g/mol. The fraction of sp³-hybridized carbons (Fsp3) is 0.294. The Labute approximate surface area is 258 Å². The molecule has 1 amide bonds. The number of pyridine rings is 1. The third kappa shape index (κ3) is 5.27. The molecule has 5 aromatic rings. The number of benzene rings is 2. The van der Waals surface area contributed by atoms with Crippen molar-refractivity contribution in [2.45, 2.75) is 31.8 Å². The SMILES string of the molecule is CN(C)CC(=O)N1CC=C(c2cc3c(-c4cccc(-n5ccc6cc(C7CC7)cc(F)c6c5=O)c4CO)nc(N)nc3[nH]2)CC1. The molecule has 0 atom stereocenters. The van der Waals surface area contributed by atoms with Crippen LogP contribution in [0, 0.1) is 5.82 Å². The van der Waals surface area contributed by atoms with E-state index in [1.165, 1.54) is 10.6 Å². The number of anilines is 1. The molecule has 0 saturated heterocycles. The van der Waals surface area contributed by atoms with Crippen LogP contribution in [0.3, 0.4) is 0 Å². The predicted molar refractivity (Wildman–Crippen MR) is 172 cm³/mol. The zero-order chi connectivity index (χ0) is 31.4. The van der Waals surface area contributed by atoms with Crippen molar-refractivity contribution in [1.82, 2.24) is 29.3 Å². The molecule has 0 bridgehead atoms. The quantitative estimate of drug-likeness (QED) is 0.253. The summed E-state index contributed by atoms with van der Waals surface area (Å²) >= 11 is 0. The third-order valence-corrected chi connectivity index (χ3v) is 8.72. The number of likely N-dealkylation sites (N-methyl/N-ethyl adjacent to an activating group) is 1. The van der Waals surface area contributed by atoms with Gasteiger partial charge < -0.3 is 25.6 Å². The number of carbonyl (C=O) groups excluding carboxylic acids is 1. The van der Waals surface area contributed by atoms with Crippen LogP contribution in [0.5, 0.6) is 0 Å². The molecule has 1 aliphatic carbocycles. The van der Waals surface area contributed by atoms with Crippen LogP contribution in [0.15, 0.2) is 59.5 Å². The Bertz CT molecular complexity index is 2080. The number of hydrogen-bond donors (Lipinski definition) is 3. The maximum absolute atomic E-state index is 15.3. The van der Waals surface area contributed by atoms with Crippen molar-refractivity contribution >= 4 is 39.2 Å². The summed E-state index contributed by atoms with van der Waals surface area (Å²) in [5.41, 5.74) is 11.0. The number of aromatic amines is 1. The highest BCUT2D eigenvalue weighted by atomic mass is 19.1. The lowest BCUT2D eigenvalue weighted by Gasteiger charge is -2.27. The number of nitrogens with one attached hydrogen (secondary N) is 1. The average Bonchev–Trinajstić information content (AvgIpc) is 3.79. The molecule has 7 rings (SSSR count). The highest BCUT2D eigenvalue weighted by Crippen LogP contribution is 2.41. The molecule has 1 saturated carbocycles. The maximum Gasteiger partial charge on any atom is 0.265 e. The van der Waals surface area contributed by atoms with E-state index in [9.17, 15) is 14.7 Å². The largest absolute Gasteiger partial charge is 0.392 e. The van der Waals surface area contributed by atoms with Crippen LogP contribution in [-0.2, 0) is 11.4 Å². The summed E-state index contributed by atoms with van der Waals surface area (Å²) in [6.45, 7) is 1.08. The smallest absolute Gasteiger partial charge is 0.265 e. The van der Waals surface area contributed by atoms with Crippen molar-refractivity contribution in [3.63, 3.8) is 0 Å². The van der Waals surface area contributed by atoms with Crippen LogP contribution in [0.2, 0.25) is 0 Å². The number of nitrogens with two attached hydrogens (primary N) is 1. The Morgan fingerprint density at radius 1 is 1.18 bits per heavy atom. The molecule has 0 spiro atoms. The number of carbonyl (C=O) groups is 1. The molecule has 4 N–H and O–H groups in total.